The van der Waals surface area contributed by atoms with E-state index >= 15 is 0 Å². The van der Waals surface area contributed by atoms with Gasteiger partial charge in [-0.05, 0) is 12.1 Å². The molecule has 0 spiro atoms. The van der Waals surface area contributed by atoms with Gasteiger partial charge in [-0.25, -0.2) is 0 Å². The summed E-state index contributed by atoms with van der Waals surface area (Å²) in [5.74, 6) is -0.159. The molecule has 0 aliphatic carbocycles. The van der Waals surface area contributed by atoms with Gasteiger partial charge in [0.25, 0.3) is 0 Å². The van der Waals surface area contributed by atoms with Crippen LogP contribution in [0.25, 0.3) is 22.1 Å². The number of benzene rings is 2. The summed E-state index contributed by atoms with van der Waals surface area (Å²) in [5, 5.41) is 28.9. The van der Waals surface area contributed by atoms with Crippen LogP contribution in [0.5, 0.6) is 11.5 Å². The maximum atomic E-state index is 12.5. The number of phenols is 2. The average molecular weight is 284 g/mol. The summed E-state index contributed by atoms with van der Waals surface area (Å²) in [6.45, 7) is -0.387. The highest BCUT2D eigenvalue weighted by molar-refractivity contribution is 5.84. The van der Waals surface area contributed by atoms with Crippen molar-refractivity contribution in [1.82, 2.24) is 0 Å². The minimum atomic E-state index is -0.387. The normalized spacial score (nSPS) is 10.9. The van der Waals surface area contributed by atoms with Gasteiger partial charge in [-0.15, -0.1) is 0 Å². The first-order valence-electron chi connectivity index (χ1n) is 6.28. The number of hydrogen-bond donors (Lipinski definition) is 3. The van der Waals surface area contributed by atoms with Crippen LogP contribution in [0.3, 0.4) is 0 Å². The second-order valence-corrected chi connectivity index (χ2v) is 4.63. The zero-order valence-corrected chi connectivity index (χ0v) is 10.9. The lowest BCUT2D eigenvalue weighted by atomic mass is 10.0. The Labute approximate surface area is 119 Å². The Morgan fingerprint density at radius 1 is 1.00 bits per heavy atom. The standard InChI is InChI=1S/C16H12O5/c17-7-9-5-11-15(6-14(9)19)21-8-12(16(11)20)10-3-1-2-4-13(10)18/h1-6,8,17-19H,7H2. The van der Waals surface area contributed by atoms with E-state index in [1.54, 1.807) is 18.2 Å². The van der Waals surface area contributed by atoms with Crippen molar-refractivity contribution in [1.29, 1.82) is 0 Å². The molecule has 106 valence electrons. The number of fused-ring (bicyclic) bond motifs is 1. The number of hydrogen-bond acceptors (Lipinski definition) is 5. The Morgan fingerprint density at radius 2 is 1.76 bits per heavy atom. The molecule has 0 aliphatic rings. The van der Waals surface area contributed by atoms with Crippen LogP contribution >= 0.6 is 0 Å². The third-order valence-corrected chi connectivity index (χ3v) is 3.34. The molecule has 3 rings (SSSR count). The summed E-state index contributed by atoms with van der Waals surface area (Å²) in [5.41, 5.74) is 0.701. The first-order chi connectivity index (χ1) is 10.1. The van der Waals surface area contributed by atoms with E-state index in [9.17, 15) is 15.0 Å². The molecule has 0 amide bonds. The van der Waals surface area contributed by atoms with Crippen LogP contribution in [0.4, 0.5) is 0 Å². The fourth-order valence-corrected chi connectivity index (χ4v) is 2.22. The lowest BCUT2D eigenvalue weighted by molar-refractivity contribution is 0.275. The van der Waals surface area contributed by atoms with Crippen LogP contribution in [0.1, 0.15) is 5.56 Å². The first kappa shape index (κ1) is 13.2. The summed E-state index contributed by atoms with van der Waals surface area (Å²) in [6.07, 6.45) is 1.25. The molecule has 0 saturated heterocycles. The number of aliphatic hydroxyl groups excluding tert-OH is 1. The second kappa shape index (κ2) is 4.96. The van der Waals surface area contributed by atoms with Crippen LogP contribution in [-0.4, -0.2) is 15.3 Å². The Kier molecular flexibility index (Phi) is 3.12. The number of aliphatic hydroxyl groups is 1. The van der Waals surface area contributed by atoms with Gasteiger partial charge in [0.15, 0.2) is 0 Å². The summed E-state index contributed by atoms with van der Waals surface area (Å²) >= 11 is 0. The van der Waals surface area contributed by atoms with E-state index in [2.05, 4.69) is 0 Å². The molecule has 0 saturated carbocycles. The summed E-state index contributed by atoms with van der Waals surface area (Å²) in [6, 6.07) is 9.13. The van der Waals surface area contributed by atoms with Crippen molar-refractivity contribution >= 4 is 11.0 Å². The molecule has 1 heterocycles. The molecule has 0 radical (unpaired) electrons. The Morgan fingerprint density at radius 3 is 2.48 bits per heavy atom. The van der Waals surface area contributed by atoms with Gasteiger partial charge in [-0.3, -0.25) is 4.79 Å². The smallest absolute Gasteiger partial charge is 0.200 e. The van der Waals surface area contributed by atoms with Crippen molar-refractivity contribution in [3.63, 3.8) is 0 Å². The van der Waals surface area contributed by atoms with Crippen LogP contribution in [0.2, 0.25) is 0 Å². The van der Waals surface area contributed by atoms with E-state index in [0.29, 0.717) is 5.56 Å². The maximum Gasteiger partial charge on any atom is 0.200 e. The van der Waals surface area contributed by atoms with E-state index in [1.807, 2.05) is 0 Å². The van der Waals surface area contributed by atoms with Crippen molar-refractivity contribution in [2.45, 2.75) is 6.61 Å². The van der Waals surface area contributed by atoms with Crippen molar-refractivity contribution < 1.29 is 19.7 Å². The fourth-order valence-electron chi connectivity index (χ4n) is 2.22. The first-order valence-corrected chi connectivity index (χ1v) is 6.28. The molecule has 2 aromatic carbocycles. The average Bonchev–Trinajstić information content (AvgIpc) is 2.48. The molecule has 5 nitrogen and oxygen atoms in total. The van der Waals surface area contributed by atoms with Crippen LogP contribution < -0.4 is 5.43 Å². The molecule has 3 N–H and O–H groups in total. The molecule has 0 bridgehead atoms. The lowest BCUT2D eigenvalue weighted by Crippen LogP contribution is -2.05. The largest absolute Gasteiger partial charge is 0.507 e. The zero-order chi connectivity index (χ0) is 15.0. The number of aromatic hydroxyl groups is 2. The van der Waals surface area contributed by atoms with Crippen molar-refractivity contribution in [2.24, 2.45) is 0 Å². The van der Waals surface area contributed by atoms with Crippen LogP contribution in [0, 0.1) is 0 Å². The molecule has 21 heavy (non-hydrogen) atoms. The van der Waals surface area contributed by atoms with Crippen molar-refractivity contribution in [3.05, 3.63) is 58.4 Å². The summed E-state index contributed by atoms with van der Waals surface area (Å²) in [4.78, 5) is 12.5. The molecule has 0 aliphatic heterocycles. The van der Waals surface area contributed by atoms with E-state index in [4.69, 9.17) is 9.52 Å². The molecule has 3 aromatic rings. The van der Waals surface area contributed by atoms with Crippen LogP contribution in [-0.2, 0) is 6.61 Å². The predicted molar refractivity (Wildman–Crippen MR) is 77.2 cm³/mol. The second-order valence-electron chi connectivity index (χ2n) is 4.63. The maximum absolute atomic E-state index is 12.5. The van der Waals surface area contributed by atoms with Gasteiger partial charge in [0.1, 0.15) is 23.3 Å². The Hall–Kier alpha value is -2.79. The van der Waals surface area contributed by atoms with E-state index in [1.165, 1.54) is 24.5 Å². The predicted octanol–water partition coefficient (Wildman–Crippen LogP) is 2.36. The Balaban J connectivity index is 2.33. The molecule has 5 heteroatoms. The van der Waals surface area contributed by atoms with Crippen molar-refractivity contribution in [3.8, 4) is 22.6 Å². The highest BCUT2D eigenvalue weighted by atomic mass is 16.3. The summed E-state index contributed by atoms with van der Waals surface area (Å²) < 4.78 is 5.36. The molecule has 1 aromatic heterocycles. The minimum absolute atomic E-state index is 0.0229. The van der Waals surface area contributed by atoms with Gasteiger partial charge < -0.3 is 19.7 Å². The number of rotatable bonds is 2. The molecular formula is C16H12O5. The van der Waals surface area contributed by atoms with E-state index < -0.39 is 0 Å². The fraction of sp³-hybridized carbons (Fsp3) is 0.0625. The topological polar surface area (TPSA) is 90.9 Å². The molecule has 0 atom stereocenters. The molecular weight excluding hydrogens is 272 g/mol. The Bertz CT molecular complexity index is 879. The van der Waals surface area contributed by atoms with Gasteiger partial charge >= 0.3 is 0 Å². The minimum Gasteiger partial charge on any atom is -0.507 e. The third kappa shape index (κ3) is 2.13. The van der Waals surface area contributed by atoms with Gasteiger partial charge in [0, 0.05) is 17.2 Å². The number of phenolic OH excluding ortho intramolecular Hbond substituents is 1. The highest BCUT2D eigenvalue weighted by Crippen LogP contribution is 2.29. The van der Waals surface area contributed by atoms with E-state index in [-0.39, 0.29) is 45.6 Å². The number of para-hydroxylation sites is 1. The zero-order valence-electron chi connectivity index (χ0n) is 10.9. The van der Waals surface area contributed by atoms with Crippen LogP contribution in [0.15, 0.2) is 51.9 Å². The lowest BCUT2D eigenvalue weighted by Gasteiger charge is -2.07. The SMILES string of the molecule is O=c1c(-c2ccccc2O)coc2cc(O)c(CO)cc12. The monoisotopic (exact) mass is 284 g/mol. The van der Waals surface area contributed by atoms with E-state index in [0.717, 1.165) is 0 Å². The molecule has 0 fully saturated rings. The van der Waals surface area contributed by atoms with Gasteiger partial charge in [0.2, 0.25) is 5.43 Å². The van der Waals surface area contributed by atoms with Gasteiger partial charge in [-0.1, -0.05) is 18.2 Å². The quantitative estimate of drug-likeness (QED) is 0.672. The molecule has 0 unspecified atom stereocenters. The van der Waals surface area contributed by atoms with Gasteiger partial charge in [-0.2, -0.15) is 0 Å². The third-order valence-electron chi connectivity index (χ3n) is 3.34. The highest BCUT2D eigenvalue weighted by Gasteiger charge is 2.14. The van der Waals surface area contributed by atoms with Crippen molar-refractivity contribution in [2.75, 3.05) is 0 Å². The van der Waals surface area contributed by atoms with Gasteiger partial charge in [0.05, 0.1) is 17.6 Å². The summed E-state index contributed by atoms with van der Waals surface area (Å²) in [7, 11) is 0.